The van der Waals surface area contributed by atoms with Crippen LogP contribution in [0.3, 0.4) is 0 Å². The summed E-state index contributed by atoms with van der Waals surface area (Å²) < 4.78 is 46.2. The van der Waals surface area contributed by atoms with Crippen molar-refractivity contribution >= 4 is 5.97 Å². The summed E-state index contributed by atoms with van der Waals surface area (Å²) in [5.41, 5.74) is 1.17. The number of nitrogens with zero attached hydrogens (tertiary/aromatic N) is 2. The van der Waals surface area contributed by atoms with Gasteiger partial charge in [0.05, 0.1) is 7.11 Å². The Kier molecular flexibility index (Phi) is 4.87. The summed E-state index contributed by atoms with van der Waals surface area (Å²) >= 11 is 0. The average molecular weight is 402 g/mol. The molecular formula is C20H16F2N2O5. The van der Waals surface area contributed by atoms with E-state index in [1.54, 1.807) is 37.3 Å². The highest BCUT2D eigenvalue weighted by Crippen LogP contribution is 2.39. The molecule has 0 radical (unpaired) electrons. The molecule has 150 valence electrons. The first-order valence-electron chi connectivity index (χ1n) is 8.72. The van der Waals surface area contributed by atoms with E-state index in [2.05, 4.69) is 14.7 Å². The van der Waals surface area contributed by atoms with E-state index in [1.165, 1.54) is 13.2 Å². The van der Waals surface area contributed by atoms with Crippen molar-refractivity contribution in [3.05, 3.63) is 59.0 Å². The normalized spacial score (nSPS) is 15.3. The van der Waals surface area contributed by atoms with Crippen molar-refractivity contribution in [3.8, 4) is 23.2 Å². The number of aromatic nitrogens is 2. The second-order valence-electron chi connectivity index (χ2n) is 6.31. The minimum absolute atomic E-state index is 0.00917. The largest absolute Gasteiger partial charge is 0.467 e. The SMILES string of the molecule is COc1nc(-c2ccc(C)o2)c2c(n1)C(Cc1ccccc1OC(F)F)OC2=O. The minimum atomic E-state index is -2.97. The van der Waals surface area contributed by atoms with Gasteiger partial charge in [-0.25, -0.2) is 4.79 Å². The molecule has 0 N–H and O–H groups in total. The van der Waals surface area contributed by atoms with E-state index in [0.29, 0.717) is 22.8 Å². The maximum atomic E-state index is 12.7. The predicted molar refractivity (Wildman–Crippen MR) is 96.0 cm³/mol. The molecule has 0 saturated heterocycles. The number of rotatable bonds is 6. The van der Waals surface area contributed by atoms with Gasteiger partial charge in [-0.15, -0.1) is 0 Å². The predicted octanol–water partition coefficient (Wildman–Crippen LogP) is 4.11. The first kappa shape index (κ1) is 18.9. The van der Waals surface area contributed by atoms with E-state index in [9.17, 15) is 13.6 Å². The third kappa shape index (κ3) is 3.63. The second kappa shape index (κ2) is 7.50. The number of cyclic esters (lactones) is 1. The van der Waals surface area contributed by atoms with Crippen LogP contribution in [0.2, 0.25) is 0 Å². The van der Waals surface area contributed by atoms with Gasteiger partial charge in [0.15, 0.2) is 5.76 Å². The highest BCUT2D eigenvalue weighted by atomic mass is 19.3. The highest BCUT2D eigenvalue weighted by molar-refractivity contribution is 5.99. The summed E-state index contributed by atoms with van der Waals surface area (Å²) in [5, 5.41) is 0. The zero-order valence-corrected chi connectivity index (χ0v) is 15.5. The molecule has 1 aromatic carbocycles. The van der Waals surface area contributed by atoms with Crippen LogP contribution in [-0.2, 0) is 11.2 Å². The molecule has 3 heterocycles. The third-order valence-electron chi connectivity index (χ3n) is 4.43. The van der Waals surface area contributed by atoms with Gasteiger partial charge >= 0.3 is 18.6 Å². The Morgan fingerprint density at radius 3 is 2.66 bits per heavy atom. The summed E-state index contributed by atoms with van der Waals surface area (Å²) in [7, 11) is 1.40. The van der Waals surface area contributed by atoms with E-state index in [1.807, 2.05) is 0 Å². The van der Waals surface area contributed by atoms with Gasteiger partial charge in [0, 0.05) is 6.42 Å². The number of esters is 1. The Bertz CT molecular complexity index is 1070. The fourth-order valence-corrected chi connectivity index (χ4v) is 3.19. The number of hydrogen-bond donors (Lipinski definition) is 0. The molecular weight excluding hydrogens is 386 g/mol. The van der Waals surface area contributed by atoms with Crippen LogP contribution in [0, 0.1) is 6.92 Å². The molecule has 29 heavy (non-hydrogen) atoms. The van der Waals surface area contributed by atoms with E-state index in [4.69, 9.17) is 13.9 Å². The summed E-state index contributed by atoms with van der Waals surface area (Å²) in [5.74, 6) is 0.407. The summed E-state index contributed by atoms with van der Waals surface area (Å²) in [6.45, 7) is -1.20. The summed E-state index contributed by atoms with van der Waals surface area (Å²) in [6, 6.07) is 9.78. The number of carbonyl (C=O) groups excluding carboxylic acids is 1. The van der Waals surface area contributed by atoms with E-state index >= 15 is 0 Å². The first-order valence-corrected chi connectivity index (χ1v) is 8.72. The maximum absolute atomic E-state index is 12.7. The molecule has 1 unspecified atom stereocenters. The Morgan fingerprint density at radius 2 is 1.97 bits per heavy atom. The standard InChI is InChI=1S/C20H16F2N2O5/c1-10-7-8-13(27-10)16-15-17(24-20(23-16)26-2)14(28-18(15)25)9-11-5-3-4-6-12(11)29-19(21)22/h3-8,14,19H,9H2,1-2H3. The number of furan rings is 1. The second-order valence-corrected chi connectivity index (χ2v) is 6.31. The average Bonchev–Trinajstić information content (AvgIpc) is 3.26. The zero-order valence-electron chi connectivity index (χ0n) is 15.5. The number of hydrogen-bond acceptors (Lipinski definition) is 7. The van der Waals surface area contributed by atoms with Crippen molar-refractivity contribution in [2.45, 2.75) is 26.1 Å². The molecule has 0 spiro atoms. The van der Waals surface area contributed by atoms with Crippen molar-refractivity contribution in [2.24, 2.45) is 0 Å². The van der Waals surface area contributed by atoms with Crippen LogP contribution in [0.15, 0.2) is 40.8 Å². The van der Waals surface area contributed by atoms with Crippen LogP contribution in [0.25, 0.3) is 11.5 Å². The van der Waals surface area contributed by atoms with Crippen LogP contribution in [-0.4, -0.2) is 29.7 Å². The topological polar surface area (TPSA) is 83.7 Å². The number of methoxy groups -OCH3 is 1. The van der Waals surface area contributed by atoms with Crippen LogP contribution in [0.4, 0.5) is 8.78 Å². The molecule has 0 saturated carbocycles. The molecule has 1 aliphatic rings. The highest BCUT2D eigenvalue weighted by Gasteiger charge is 2.38. The van der Waals surface area contributed by atoms with Gasteiger partial charge in [-0.3, -0.25) is 0 Å². The van der Waals surface area contributed by atoms with Crippen molar-refractivity contribution in [2.75, 3.05) is 7.11 Å². The van der Waals surface area contributed by atoms with Crippen LogP contribution in [0.1, 0.15) is 33.5 Å². The third-order valence-corrected chi connectivity index (χ3v) is 4.43. The van der Waals surface area contributed by atoms with Crippen molar-refractivity contribution in [3.63, 3.8) is 0 Å². The Labute approximate surface area is 164 Å². The number of fused-ring (bicyclic) bond motifs is 1. The monoisotopic (exact) mass is 402 g/mol. The lowest BCUT2D eigenvalue weighted by Gasteiger charge is -2.14. The van der Waals surface area contributed by atoms with Gasteiger partial charge < -0.3 is 18.6 Å². The maximum Gasteiger partial charge on any atom is 0.387 e. The smallest absolute Gasteiger partial charge is 0.387 e. The molecule has 7 nitrogen and oxygen atoms in total. The molecule has 0 amide bonds. The number of halogens is 2. The lowest BCUT2D eigenvalue weighted by atomic mass is 10.0. The number of para-hydroxylation sites is 1. The van der Waals surface area contributed by atoms with E-state index < -0.39 is 18.7 Å². The fraction of sp³-hybridized carbons (Fsp3) is 0.250. The quantitative estimate of drug-likeness (QED) is 0.574. The Hall–Kier alpha value is -3.49. The number of ether oxygens (including phenoxy) is 3. The number of alkyl halides is 2. The zero-order chi connectivity index (χ0) is 20.5. The minimum Gasteiger partial charge on any atom is -0.467 e. The molecule has 9 heteroatoms. The van der Waals surface area contributed by atoms with Gasteiger partial charge in [0.1, 0.15) is 34.6 Å². The van der Waals surface area contributed by atoms with Crippen LogP contribution >= 0.6 is 0 Å². The van der Waals surface area contributed by atoms with Crippen LogP contribution in [0.5, 0.6) is 11.8 Å². The van der Waals surface area contributed by atoms with Crippen molar-refractivity contribution in [1.29, 1.82) is 0 Å². The lowest BCUT2D eigenvalue weighted by molar-refractivity contribution is -0.0508. The molecule has 1 aliphatic heterocycles. The number of benzene rings is 1. The van der Waals surface area contributed by atoms with Gasteiger partial charge in [0.2, 0.25) is 0 Å². The molecule has 4 rings (SSSR count). The summed E-state index contributed by atoms with van der Waals surface area (Å²) in [6.07, 6.45) is -0.718. The van der Waals surface area contributed by atoms with E-state index in [0.717, 1.165) is 0 Å². The molecule has 3 aromatic rings. The van der Waals surface area contributed by atoms with Crippen LogP contribution < -0.4 is 9.47 Å². The van der Waals surface area contributed by atoms with Gasteiger partial charge in [-0.2, -0.15) is 18.7 Å². The molecule has 0 aliphatic carbocycles. The van der Waals surface area contributed by atoms with Gasteiger partial charge in [0.25, 0.3) is 0 Å². The number of aryl methyl sites for hydroxylation is 1. The lowest BCUT2D eigenvalue weighted by Crippen LogP contribution is -2.09. The molecule has 2 aromatic heterocycles. The van der Waals surface area contributed by atoms with Gasteiger partial charge in [-0.1, -0.05) is 18.2 Å². The molecule has 1 atom stereocenters. The van der Waals surface area contributed by atoms with Gasteiger partial charge in [-0.05, 0) is 30.7 Å². The number of carbonyl (C=O) groups is 1. The van der Waals surface area contributed by atoms with Crippen molar-refractivity contribution < 1.29 is 32.2 Å². The van der Waals surface area contributed by atoms with E-state index in [-0.39, 0.29) is 29.4 Å². The fourth-order valence-electron chi connectivity index (χ4n) is 3.19. The Morgan fingerprint density at radius 1 is 1.17 bits per heavy atom. The molecule has 0 fully saturated rings. The first-order chi connectivity index (χ1) is 14.0. The van der Waals surface area contributed by atoms with Crippen molar-refractivity contribution in [1.82, 2.24) is 9.97 Å². The Balaban J connectivity index is 1.76. The summed E-state index contributed by atoms with van der Waals surface area (Å²) in [4.78, 5) is 21.1. The molecule has 0 bridgehead atoms.